The molecule has 7 nitrogen and oxygen atoms in total. The maximum absolute atomic E-state index is 14.3. The summed E-state index contributed by atoms with van der Waals surface area (Å²) in [5, 5.41) is 6.45. The third-order valence-electron chi connectivity index (χ3n) is 6.10. The summed E-state index contributed by atoms with van der Waals surface area (Å²) in [6, 6.07) is 11.2. The average molecular weight is 505 g/mol. The molecule has 1 fully saturated rings. The number of anilines is 1. The lowest BCUT2D eigenvalue weighted by molar-refractivity contribution is 0.0951. The van der Waals surface area contributed by atoms with E-state index in [1.54, 1.807) is 41.2 Å². The molecular weight excluding hydrogens is 486 g/mol. The van der Waals surface area contributed by atoms with E-state index in [0.717, 1.165) is 30.5 Å². The third-order valence-corrected chi connectivity index (χ3v) is 6.41. The number of carbonyl (C=O) groups is 1. The Morgan fingerprint density at radius 3 is 2.61 bits per heavy atom. The van der Waals surface area contributed by atoms with Crippen molar-refractivity contribution in [3.05, 3.63) is 88.8 Å². The number of nitrogens with zero attached hydrogens (tertiary/aromatic N) is 4. The zero-order valence-electron chi connectivity index (χ0n) is 18.8. The Labute approximate surface area is 209 Å². The first kappa shape index (κ1) is 22.4. The van der Waals surface area contributed by atoms with Gasteiger partial charge in [-0.1, -0.05) is 17.7 Å². The number of hydrogen-bond donors (Lipinski definition) is 2. The molecule has 0 spiro atoms. The van der Waals surface area contributed by atoms with Gasteiger partial charge in [0, 0.05) is 42.7 Å². The lowest BCUT2D eigenvalue weighted by atomic mass is 10.1. The second-order valence-corrected chi connectivity index (χ2v) is 9.08. The van der Waals surface area contributed by atoms with Gasteiger partial charge in [0.25, 0.3) is 5.91 Å². The zero-order chi connectivity index (χ0) is 24.8. The number of rotatable bonds is 6. The van der Waals surface area contributed by atoms with Gasteiger partial charge >= 0.3 is 0 Å². The van der Waals surface area contributed by atoms with Crippen molar-refractivity contribution >= 4 is 40.0 Å². The summed E-state index contributed by atoms with van der Waals surface area (Å²) in [5.41, 5.74) is 3.62. The maximum Gasteiger partial charge on any atom is 0.253 e. The molecule has 36 heavy (non-hydrogen) atoms. The van der Waals surface area contributed by atoms with Crippen molar-refractivity contribution in [3.63, 3.8) is 0 Å². The van der Waals surface area contributed by atoms with Crippen molar-refractivity contribution in [3.8, 4) is 11.3 Å². The Kier molecular flexibility index (Phi) is 5.49. The number of fused-ring (bicyclic) bond motifs is 3. The van der Waals surface area contributed by atoms with Gasteiger partial charge in [0.1, 0.15) is 0 Å². The SMILES string of the molecule is O=C(NC1CC1)c1ccc(-c2cnc3c(NCc4ccncc4)nc4cc(F)c(F)cc4n23)cc1Cl. The number of imidazole rings is 1. The van der Waals surface area contributed by atoms with Crippen molar-refractivity contribution < 1.29 is 13.6 Å². The van der Waals surface area contributed by atoms with E-state index >= 15 is 0 Å². The van der Waals surface area contributed by atoms with E-state index in [0.29, 0.717) is 40.3 Å². The van der Waals surface area contributed by atoms with Crippen LogP contribution in [0.1, 0.15) is 28.8 Å². The van der Waals surface area contributed by atoms with Crippen molar-refractivity contribution in [1.29, 1.82) is 0 Å². The Balaban J connectivity index is 1.47. The van der Waals surface area contributed by atoms with Crippen LogP contribution in [-0.4, -0.2) is 31.3 Å². The first-order chi connectivity index (χ1) is 17.5. The van der Waals surface area contributed by atoms with Crippen LogP contribution in [0.4, 0.5) is 14.6 Å². The first-order valence-corrected chi connectivity index (χ1v) is 11.8. The number of carbonyl (C=O) groups excluding carboxylic acids is 1. The summed E-state index contributed by atoms with van der Waals surface area (Å²) < 4.78 is 30.1. The van der Waals surface area contributed by atoms with Crippen LogP contribution in [-0.2, 0) is 6.54 Å². The molecule has 1 saturated carbocycles. The fourth-order valence-corrected chi connectivity index (χ4v) is 4.35. The predicted octanol–water partition coefficient (Wildman–Crippen LogP) is 5.38. The molecule has 1 aliphatic rings. The van der Waals surface area contributed by atoms with Crippen molar-refractivity contribution in [2.24, 2.45) is 0 Å². The second kappa shape index (κ2) is 8.83. The summed E-state index contributed by atoms with van der Waals surface area (Å²) in [4.78, 5) is 25.6. The summed E-state index contributed by atoms with van der Waals surface area (Å²) in [7, 11) is 0. The molecular formula is C26H19ClF2N6O. The Hall–Kier alpha value is -4.11. The van der Waals surface area contributed by atoms with Crippen molar-refractivity contribution in [2.75, 3.05) is 5.32 Å². The number of aromatic nitrogens is 4. The maximum atomic E-state index is 14.3. The molecule has 6 rings (SSSR count). The number of nitrogens with one attached hydrogen (secondary N) is 2. The highest BCUT2D eigenvalue weighted by molar-refractivity contribution is 6.34. The molecule has 1 aliphatic carbocycles. The van der Waals surface area contributed by atoms with Crippen LogP contribution in [0.2, 0.25) is 5.02 Å². The standard InChI is InChI=1S/C26H19ClF2N6O/c27-18-9-15(1-4-17(18)26(36)33-16-2-3-16)23-13-32-25-24(31-12-14-5-7-30-8-6-14)34-21-10-19(28)20(29)11-22(21)35(23)25/h1,4-11,13,16H,2-3,12H2,(H,31,34)(H,33,36). The molecule has 3 aromatic heterocycles. The highest BCUT2D eigenvalue weighted by atomic mass is 35.5. The molecule has 1 amide bonds. The quantitative estimate of drug-likeness (QED) is 0.324. The zero-order valence-corrected chi connectivity index (χ0v) is 19.6. The minimum atomic E-state index is -0.995. The van der Waals surface area contributed by atoms with Crippen LogP contribution in [0.25, 0.3) is 27.9 Å². The van der Waals surface area contributed by atoms with Crippen LogP contribution in [0, 0.1) is 11.6 Å². The van der Waals surface area contributed by atoms with Crippen LogP contribution in [0.3, 0.4) is 0 Å². The molecule has 0 saturated heterocycles. The summed E-state index contributed by atoms with van der Waals surface area (Å²) in [6.45, 7) is 0.430. The van der Waals surface area contributed by atoms with Crippen LogP contribution in [0.5, 0.6) is 0 Å². The van der Waals surface area contributed by atoms with E-state index in [4.69, 9.17) is 11.6 Å². The number of hydrogen-bond acceptors (Lipinski definition) is 5. The van der Waals surface area contributed by atoms with Crippen molar-refractivity contribution in [2.45, 2.75) is 25.4 Å². The summed E-state index contributed by atoms with van der Waals surface area (Å²) in [6.07, 6.45) is 6.93. The number of pyridine rings is 1. The molecule has 0 bridgehead atoms. The van der Waals surface area contributed by atoms with E-state index in [1.807, 2.05) is 12.1 Å². The summed E-state index contributed by atoms with van der Waals surface area (Å²) in [5.74, 6) is -1.80. The van der Waals surface area contributed by atoms with Gasteiger partial charge in [-0.15, -0.1) is 0 Å². The molecule has 5 aromatic rings. The van der Waals surface area contributed by atoms with Gasteiger partial charge in [0.2, 0.25) is 0 Å². The third kappa shape index (κ3) is 4.11. The predicted molar refractivity (Wildman–Crippen MR) is 133 cm³/mol. The molecule has 0 radical (unpaired) electrons. The lowest BCUT2D eigenvalue weighted by Crippen LogP contribution is -2.25. The topological polar surface area (TPSA) is 84.2 Å². The molecule has 0 unspecified atom stereocenters. The van der Waals surface area contributed by atoms with Gasteiger partial charge in [-0.2, -0.15) is 0 Å². The Morgan fingerprint density at radius 2 is 1.86 bits per heavy atom. The monoisotopic (exact) mass is 504 g/mol. The Morgan fingerprint density at radius 1 is 1.08 bits per heavy atom. The molecule has 3 heterocycles. The minimum absolute atomic E-state index is 0.208. The number of halogens is 3. The van der Waals surface area contributed by atoms with E-state index < -0.39 is 11.6 Å². The smallest absolute Gasteiger partial charge is 0.253 e. The van der Waals surface area contributed by atoms with E-state index in [1.165, 1.54) is 0 Å². The number of amides is 1. The van der Waals surface area contributed by atoms with Gasteiger partial charge in [-0.05, 0) is 42.7 Å². The van der Waals surface area contributed by atoms with Gasteiger partial charge in [-0.25, -0.2) is 18.7 Å². The number of benzene rings is 2. The highest BCUT2D eigenvalue weighted by Crippen LogP contribution is 2.32. The normalized spacial score (nSPS) is 13.3. The van der Waals surface area contributed by atoms with Crippen molar-refractivity contribution in [1.82, 2.24) is 24.7 Å². The Bertz CT molecular complexity index is 1630. The second-order valence-electron chi connectivity index (χ2n) is 8.67. The fourth-order valence-electron chi connectivity index (χ4n) is 4.09. The fraction of sp³-hybridized carbons (Fsp3) is 0.154. The minimum Gasteiger partial charge on any atom is -0.363 e. The molecule has 180 valence electrons. The van der Waals surface area contributed by atoms with E-state index in [-0.39, 0.29) is 22.5 Å². The molecule has 0 aliphatic heterocycles. The molecule has 10 heteroatoms. The van der Waals surface area contributed by atoms with Gasteiger partial charge in [0.05, 0.1) is 33.5 Å². The van der Waals surface area contributed by atoms with Crippen LogP contribution in [0.15, 0.2) is 61.1 Å². The lowest BCUT2D eigenvalue weighted by Gasteiger charge is -2.13. The van der Waals surface area contributed by atoms with Gasteiger partial charge < -0.3 is 10.6 Å². The molecule has 2 N–H and O–H groups in total. The van der Waals surface area contributed by atoms with Gasteiger partial charge in [-0.3, -0.25) is 14.2 Å². The average Bonchev–Trinajstić information content (AvgIpc) is 3.57. The van der Waals surface area contributed by atoms with E-state index in [2.05, 4.69) is 25.6 Å². The molecule has 2 aromatic carbocycles. The highest BCUT2D eigenvalue weighted by Gasteiger charge is 2.25. The molecule has 0 atom stereocenters. The van der Waals surface area contributed by atoms with Gasteiger partial charge in [0.15, 0.2) is 23.1 Å². The van der Waals surface area contributed by atoms with Crippen LogP contribution >= 0.6 is 11.6 Å². The largest absolute Gasteiger partial charge is 0.363 e. The van der Waals surface area contributed by atoms with E-state index in [9.17, 15) is 13.6 Å². The summed E-state index contributed by atoms with van der Waals surface area (Å²) >= 11 is 6.48. The van der Waals surface area contributed by atoms with Crippen LogP contribution < -0.4 is 10.6 Å². The first-order valence-electron chi connectivity index (χ1n) is 11.4.